The molecule has 0 radical (unpaired) electrons. The Balaban J connectivity index is 1.94. The van der Waals surface area contributed by atoms with E-state index in [0.29, 0.717) is 18.7 Å². The molecule has 5 heteroatoms. The first-order valence-electron chi connectivity index (χ1n) is 6.48. The predicted octanol–water partition coefficient (Wildman–Crippen LogP) is 3.06. The average molecular weight is 297 g/mol. The van der Waals surface area contributed by atoms with E-state index in [0.717, 1.165) is 18.7 Å². The minimum absolute atomic E-state index is 0.163. The van der Waals surface area contributed by atoms with Crippen molar-refractivity contribution < 1.29 is 9.13 Å². The van der Waals surface area contributed by atoms with Crippen molar-refractivity contribution in [2.45, 2.75) is 13.1 Å². The second kappa shape index (κ2) is 7.43. The maximum absolute atomic E-state index is 13.8. The lowest BCUT2D eigenvalue weighted by Gasteiger charge is -2.06. The lowest BCUT2D eigenvalue weighted by Crippen LogP contribution is -2.18. The number of nitrogens with zero attached hydrogens (tertiary/aromatic N) is 1. The Labute approximate surface area is 123 Å². The average Bonchev–Trinajstić information content (AvgIpc) is 2.88. The molecule has 2 aromatic rings. The zero-order valence-corrected chi connectivity index (χ0v) is 12.2. The molecular formula is C15H18ClFN2O. The lowest BCUT2D eigenvalue weighted by atomic mass is 10.2. The fourth-order valence-corrected chi connectivity index (χ4v) is 2.16. The molecule has 0 atom stereocenters. The first-order valence-corrected chi connectivity index (χ1v) is 6.85. The van der Waals surface area contributed by atoms with Crippen LogP contribution in [-0.4, -0.2) is 24.8 Å². The Morgan fingerprint density at radius 1 is 1.35 bits per heavy atom. The molecule has 0 saturated carbocycles. The van der Waals surface area contributed by atoms with Gasteiger partial charge in [-0.3, -0.25) is 0 Å². The van der Waals surface area contributed by atoms with Crippen molar-refractivity contribution in [2.75, 3.05) is 20.3 Å². The van der Waals surface area contributed by atoms with Crippen LogP contribution in [0.25, 0.3) is 0 Å². The molecule has 1 aromatic heterocycles. The number of methoxy groups -OCH3 is 1. The van der Waals surface area contributed by atoms with Gasteiger partial charge < -0.3 is 14.6 Å². The molecule has 0 spiro atoms. The number of hydrogen-bond donors (Lipinski definition) is 1. The number of halogens is 2. The largest absolute Gasteiger partial charge is 0.383 e. The Morgan fingerprint density at radius 2 is 2.20 bits per heavy atom. The third kappa shape index (κ3) is 4.07. The molecule has 1 aromatic carbocycles. The third-order valence-corrected chi connectivity index (χ3v) is 3.30. The normalized spacial score (nSPS) is 10.9. The maximum Gasteiger partial charge on any atom is 0.146 e. The van der Waals surface area contributed by atoms with Crippen LogP contribution in [0.3, 0.4) is 0 Å². The van der Waals surface area contributed by atoms with E-state index in [4.69, 9.17) is 16.3 Å². The van der Waals surface area contributed by atoms with Crippen LogP contribution in [0.2, 0.25) is 5.02 Å². The molecular weight excluding hydrogens is 279 g/mol. The quantitative estimate of drug-likeness (QED) is 0.795. The van der Waals surface area contributed by atoms with E-state index in [9.17, 15) is 4.39 Å². The van der Waals surface area contributed by atoms with Crippen LogP contribution in [0, 0.1) is 5.82 Å². The summed E-state index contributed by atoms with van der Waals surface area (Å²) in [6.45, 7) is 2.75. The van der Waals surface area contributed by atoms with E-state index in [1.165, 1.54) is 0 Å². The Kier molecular flexibility index (Phi) is 5.59. The van der Waals surface area contributed by atoms with Crippen LogP contribution in [0.1, 0.15) is 11.1 Å². The Morgan fingerprint density at radius 3 is 3.00 bits per heavy atom. The molecule has 0 amide bonds. The zero-order chi connectivity index (χ0) is 14.4. The van der Waals surface area contributed by atoms with Gasteiger partial charge in [-0.25, -0.2) is 4.39 Å². The number of benzene rings is 1. The molecule has 108 valence electrons. The van der Waals surface area contributed by atoms with Crippen LogP contribution >= 0.6 is 11.6 Å². The fourth-order valence-electron chi connectivity index (χ4n) is 1.97. The van der Waals surface area contributed by atoms with Crippen LogP contribution in [0.15, 0.2) is 36.7 Å². The number of rotatable bonds is 7. The van der Waals surface area contributed by atoms with Crippen LogP contribution in [0.5, 0.6) is 0 Å². The van der Waals surface area contributed by atoms with Crippen molar-refractivity contribution in [3.05, 3.63) is 58.6 Å². The summed E-state index contributed by atoms with van der Waals surface area (Å²) in [6.07, 6.45) is 3.94. The molecule has 2 rings (SSSR count). The molecule has 0 aliphatic heterocycles. The van der Waals surface area contributed by atoms with Gasteiger partial charge in [0.25, 0.3) is 0 Å². The van der Waals surface area contributed by atoms with Crippen LogP contribution < -0.4 is 5.32 Å². The van der Waals surface area contributed by atoms with Gasteiger partial charge in [0.2, 0.25) is 0 Å². The van der Waals surface area contributed by atoms with Gasteiger partial charge >= 0.3 is 0 Å². The molecule has 0 aliphatic rings. The highest BCUT2D eigenvalue weighted by Crippen LogP contribution is 2.19. The second-order valence-electron chi connectivity index (χ2n) is 4.57. The van der Waals surface area contributed by atoms with Crippen molar-refractivity contribution >= 4 is 11.6 Å². The van der Waals surface area contributed by atoms with Gasteiger partial charge in [-0.1, -0.05) is 23.7 Å². The molecule has 0 saturated heterocycles. The third-order valence-electron chi connectivity index (χ3n) is 3.01. The summed E-state index contributed by atoms with van der Waals surface area (Å²) >= 11 is 5.78. The number of ether oxygens (including phenoxy) is 1. The Hall–Kier alpha value is -1.36. The van der Waals surface area contributed by atoms with Crippen molar-refractivity contribution in [3.8, 4) is 0 Å². The number of nitrogens with one attached hydrogen (secondary N) is 1. The highest BCUT2D eigenvalue weighted by Gasteiger charge is 2.06. The lowest BCUT2D eigenvalue weighted by molar-refractivity contribution is 0.199. The molecule has 0 fully saturated rings. The van der Waals surface area contributed by atoms with E-state index in [1.54, 1.807) is 25.3 Å². The van der Waals surface area contributed by atoms with Crippen molar-refractivity contribution in [1.29, 1.82) is 0 Å². The number of aromatic nitrogens is 1. The second-order valence-corrected chi connectivity index (χ2v) is 4.98. The van der Waals surface area contributed by atoms with Gasteiger partial charge in [0.1, 0.15) is 5.82 Å². The summed E-state index contributed by atoms with van der Waals surface area (Å²) in [7, 11) is 1.68. The zero-order valence-electron chi connectivity index (χ0n) is 11.4. The highest BCUT2D eigenvalue weighted by atomic mass is 35.5. The van der Waals surface area contributed by atoms with Gasteiger partial charge in [0.15, 0.2) is 0 Å². The summed E-state index contributed by atoms with van der Waals surface area (Å²) in [6, 6.07) is 7.08. The highest BCUT2D eigenvalue weighted by molar-refractivity contribution is 6.30. The standard InChI is InChI=1S/C15H18ClFN2O/c1-20-8-6-18-9-12-5-7-19(10-12)11-13-3-2-4-14(16)15(13)17/h2-5,7,10,18H,6,8-9,11H2,1H3. The maximum atomic E-state index is 13.8. The summed E-state index contributed by atoms with van der Waals surface area (Å²) in [4.78, 5) is 0. The van der Waals surface area contributed by atoms with Gasteiger partial charge in [-0.15, -0.1) is 0 Å². The summed E-state index contributed by atoms with van der Waals surface area (Å²) < 4.78 is 20.7. The molecule has 20 heavy (non-hydrogen) atoms. The van der Waals surface area contributed by atoms with E-state index in [-0.39, 0.29) is 10.8 Å². The van der Waals surface area contributed by atoms with E-state index in [2.05, 4.69) is 5.32 Å². The molecule has 0 unspecified atom stereocenters. The topological polar surface area (TPSA) is 26.2 Å². The minimum Gasteiger partial charge on any atom is -0.383 e. The van der Waals surface area contributed by atoms with Crippen molar-refractivity contribution in [3.63, 3.8) is 0 Å². The van der Waals surface area contributed by atoms with Gasteiger partial charge in [-0.2, -0.15) is 0 Å². The molecule has 3 nitrogen and oxygen atoms in total. The molecule has 0 aliphatic carbocycles. The smallest absolute Gasteiger partial charge is 0.146 e. The summed E-state index contributed by atoms with van der Waals surface area (Å²) in [5.74, 6) is -0.345. The SMILES string of the molecule is COCCNCc1ccn(Cc2cccc(Cl)c2F)c1. The first-order chi connectivity index (χ1) is 9.70. The molecule has 1 heterocycles. The van der Waals surface area contributed by atoms with Crippen LogP contribution in [0.4, 0.5) is 4.39 Å². The number of hydrogen-bond acceptors (Lipinski definition) is 2. The fraction of sp³-hybridized carbons (Fsp3) is 0.333. The molecule has 1 N–H and O–H groups in total. The summed E-state index contributed by atoms with van der Waals surface area (Å²) in [5, 5.41) is 3.43. The molecule has 0 bridgehead atoms. The monoisotopic (exact) mass is 296 g/mol. The Bertz CT molecular complexity index is 557. The first kappa shape index (κ1) is 15.0. The predicted molar refractivity (Wildman–Crippen MR) is 78.5 cm³/mol. The van der Waals surface area contributed by atoms with E-state index in [1.807, 2.05) is 23.0 Å². The van der Waals surface area contributed by atoms with Gasteiger partial charge in [0, 0.05) is 44.7 Å². The minimum atomic E-state index is -0.345. The van der Waals surface area contributed by atoms with Gasteiger partial charge in [-0.05, 0) is 17.7 Å². The van der Waals surface area contributed by atoms with Crippen molar-refractivity contribution in [1.82, 2.24) is 9.88 Å². The van der Waals surface area contributed by atoms with Crippen LogP contribution in [-0.2, 0) is 17.8 Å². The van der Waals surface area contributed by atoms with E-state index < -0.39 is 0 Å². The summed E-state index contributed by atoms with van der Waals surface area (Å²) in [5.41, 5.74) is 1.75. The van der Waals surface area contributed by atoms with E-state index >= 15 is 0 Å². The van der Waals surface area contributed by atoms with Crippen molar-refractivity contribution in [2.24, 2.45) is 0 Å². The van der Waals surface area contributed by atoms with Gasteiger partial charge in [0.05, 0.1) is 11.6 Å².